The molecule has 1 atom stereocenters. The van der Waals surface area contributed by atoms with E-state index in [2.05, 4.69) is 0 Å². The van der Waals surface area contributed by atoms with Crippen molar-refractivity contribution in [3.8, 4) is 0 Å². The molecule has 0 amide bonds. The zero-order valence-electron chi connectivity index (χ0n) is 10.9. The highest BCUT2D eigenvalue weighted by Crippen LogP contribution is 2.16. The van der Waals surface area contributed by atoms with Gasteiger partial charge in [-0.15, -0.1) is 0 Å². The van der Waals surface area contributed by atoms with Crippen molar-refractivity contribution in [2.45, 2.75) is 26.4 Å². The van der Waals surface area contributed by atoms with Gasteiger partial charge in [0.2, 0.25) is 0 Å². The van der Waals surface area contributed by atoms with E-state index in [1.807, 2.05) is 31.2 Å². The van der Waals surface area contributed by atoms with Crippen molar-refractivity contribution in [1.82, 2.24) is 0 Å². The highest BCUT2D eigenvalue weighted by atomic mass is 16.5. The summed E-state index contributed by atoms with van der Waals surface area (Å²) in [5.41, 5.74) is 1.84. The van der Waals surface area contributed by atoms with Crippen LogP contribution in [0.4, 0.5) is 0 Å². The highest BCUT2D eigenvalue weighted by Gasteiger charge is 2.12. The minimum absolute atomic E-state index is 0.474. The Morgan fingerprint density at radius 2 is 1.83 bits per heavy atom. The van der Waals surface area contributed by atoms with Crippen molar-refractivity contribution in [3.63, 3.8) is 0 Å². The number of carbonyl (C=O) groups is 1. The van der Waals surface area contributed by atoms with Crippen LogP contribution in [0.3, 0.4) is 0 Å². The Morgan fingerprint density at radius 1 is 1.22 bits per heavy atom. The van der Waals surface area contributed by atoms with E-state index in [4.69, 9.17) is 14.6 Å². The number of rotatable bonds is 8. The smallest absolute Gasteiger partial charge is 0.310 e. The van der Waals surface area contributed by atoms with Crippen molar-refractivity contribution in [2.75, 3.05) is 19.8 Å². The number of benzene rings is 1. The summed E-state index contributed by atoms with van der Waals surface area (Å²) in [6.07, 6.45) is 0. The number of carboxylic acid groups (broad SMARTS) is 1. The van der Waals surface area contributed by atoms with Crippen molar-refractivity contribution in [1.29, 1.82) is 0 Å². The van der Waals surface area contributed by atoms with Gasteiger partial charge >= 0.3 is 5.97 Å². The van der Waals surface area contributed by atoms with E-state index in [1.54, 1.807) is 6.92 Å². The average Bonchev–Trinajstić information content (AvgIpc) is 2.38. The van der Waals surface area contributed by atoms with Crippen LogP contribution in [-0.4, -0.2) is 30.9 Å². The van der Waals surface area contributed by atoms with Crippen LogP contribution in [0.15, 0.2) is 24.3 Å². The van der Waals surface area contributed by atoms with Crippen LogP contribution in [0.5, 0.6) is 0 Å². The molecule has 0 heterocycles. The summed E-state index contributed by atoms with van der Waals surface area (Å²) in [5, 5.41) is 8.89. The molecular weight excluding hydrogens is 232 g/mol. The predicted molar refractivity (Wildman–Crippen MR) is 68.6 cm³/mol. The second kappa shape index (κ2) is 7.84. The van der Waals surface area contributed by atoms with E-state index < -0.39 is 11.9 Å². The molecule has 0 radical (unpaired) electrons. The van der Waals surface area contributed by atoms with E-state index in [9.17, 15) is 4.79 Å². The Kier molecular flexibility index (Phi) is 6.39. The lowest BCUT2D eigenvalue weighted by atomic mass is 10.0. The number of ether oxygens (including phenoxy) is 2. The summed E-state index contributed by atoms with van der Waals surface area (Å²) in [7, 11) is 0. The molecule has 0 saturated carbocycles. The minimum atomic E-state index is -0.810. The quantitative estimate of drug-likeness (QED) is 0.722. The topological polar surface area (TPSA) is 55.8 Å². The summed E-state index contributed by atoms with van der Waals surface area (Å²) in [6, 6.07) is 7.46. The monoisotopic (exact) mass is 252 g/mol. The molecule has 100 valence electrons. The van der Waals surface area contributed by atoms with E-state index in [0.29, 0.717) is 26.4 Å². The molecule has 0 aliphatic carbocycles. The second-order valence-electron chi connectivity index (χ2n) is 4.05. The molecular formula is C14H20O4. The second-order valence-corrected chi connectivity index (χ2v) is 4.05. The Labute approximate surface area is 108 Å². The Morgan fingerprint density at radius 3 is 2.39 bits per heavy atom. The van der Waals surface area contributed by atoms with Crippen LogP contribution in [0, 0.1) is 0 Å². The molecule has 0 bridgehead atoms. The molecule has 0 aromatic heterocycles. The molecule has 1 unspecified atom stereocenters. The number of hydrogen-bond donors (Lipinski definition) is 1. The van der Waals surface area contributed by atoms with Crippen LogP contribution in [0.25, 0.3) is 0 Å². The standard InChI is InChI=1S/C14H20O4/c1-3-17-8-9-18-10-12-4-6-13(7-5-12)11(2)14(15)16/h4-7,11H,3,8-10H2,1-2H3,(H,15,16). The third kappa shape index (κ3) is 4.85. The Balaban J connectivity index is 2.38. The van der Waals surface area contributed by atoms with Gasteiger partial charge in [0.1, 0.15) is 0 Å². The van der Waals surface area contributed by atoms with Crippen LogP contribution < -0.4 is 0 Å². The molecule has 0 spiro atoms. The first-order valence-corrected chi connectivity index (χ1v) is 6.12. The molecule has 4 nitrogen and oxygen atoms in total. The SMILES string of the molecule is CCOCCOCc1ccc(C(C)C(=O)O)cc1. The molecule has 0 saturated heterocycles. The third-order valence-corrected chi connectivity index (χ3v) is 2.70. The van der Waals surface area contributed by atoms with Gasteiger partial charge in [0.05, 0.1) is 25.7 Å². The molecule has 0 fully saturated rings. The summed E-state index contributed by atoms with van der Waals surface area (Å²) >= 11 is 0. The summed E-state index contributed by atoms with van der Waals surface area (Å²) in [4.78, 5) is 10.8. The van der Waals surface area contributed by atoms with Gasteiger partial charge in [0.25, 0.3) is 0 Å². The number of carboxylic acids is 1. The minimum Gasteiger partial charge on any atom is -0.481 e. The van der Waals surface area contributed by atoms with E-state index in [-0.39, 0.29) is 0 Å². The lowest BCUT2D eigenvalue weighted by Gasteiger charge is -2.08. The van der Waals surface area contributed by atoms with Crippen LogP contribution >= 0.6 is 0 Å². The van der Waals surface area contributed by atoms with Crippen LogP contribution in [-0.2, 0) is 20.9 Å². The zero-order chi connectivity index (χ0) is 13.4. The first kappa shape index (κ1) is 14.7. The van der Waals surface area contributed by atoms with Crippen molar-refractivity contribution in [2.24, 2.45) is 0 Å². The van der Waals surface area contributed by atoms with E-state index in [0.717, 1.165) is 11.1 Å². The van der Waals surface area contributed by atoms with Gasteiger partial charge in [-0.05, 0) is 25.0 Å². The van der Waals surface area contributed by atoms with Crippen LogP contribution in [0.2, 0.25) is 0 Å². The maximum absolute atomic E-state index is 10.8. The molecule has 1 rings (SSSR count). The first-order valence-electron chi connectivity index (χ1n) is 6.12. The maximum atomic E-state index is 10.8. The van der Waals surface area contributed by atoms with Gasteiger partial charge in [-0.1, -0.05) is 24.3 Å². The predicted octanol–water partition coefficient (Wildman–Crippen LogP) is 2.43. The molecule has 18 heavy (non-hydrogen) atoms. The van der Waals surface area contributed by atoms with Gasteiger partial charge in [-0.2, -0.15) is 0 Å². The fourth-order valence-corrected chi connectivity index (χ4v) is 1.50. The summed E-state index contributed by atoms with van der Waals surface area (Å²) < 4.78 is 10.6. The van der Waals surface area contributed by atoms with E-state index in [1.165, 1.54) is 0 Å². The van der Waals surface area contributed by atoms with Crippen LogP contribution in [0.1, 0.15) is 30.9 Å². The van der Waals surface area contributed by atoms with Crippen molar-refractivity contribution in [3.05, 3.63) is 35.4 Å². The lowest BCUT2D eigenvalue weighted by molar-refractivity contribution is -0.138. The van der Waals surface area contributed by atoms with Crippen molar-refractivity contribution < 1.29 is 19.4 Å². The zero-order valence-corrected chi connectivity index (χ0v) is 10.9. The number of hydrogen-bond acceptors (Lipinski definition) is 3. The van der Waals surface area contributed by atoms with E-state index >= 15 is 0 Å². The normalized spacial score (nSPS) is 12.3. The number of aliphatic carboxylic acids is 1. The first-order chi connectivity index (χ1) is 8.65. The Hall–Kier alpha value is -1.39. The summed E-state index contributed by atoms with van der Waals surface area (Å²) in [5.74, 6) is -1.28. The van der Waals surface area contributed by atoms with Crippen molar-refractivity contribution >= 4 is 5.97 Å². The van der Waals surface area contributed by atoms with Gasteiger partial charge in [-0.25, -0.2) is 0 Å². The fraction of sp³-hybridized carbons (Fsp3) is 0.500. The summed E-state index contributed by atoms with van der Waals surface area (Å²) in [6.45, 7) is 6.02. The maximum Gasteiger partial charge on any atom is 0.310 e. The molecule has 0 aliphatic rings. The fourth-order valence-electron chi connectivity index (χ4n) is 1.50. The van der Waals surface area contributed by atoms with Gasteiger partial charge < -0.3 is 14.6 Å². The van der Waals surface area contributed by atoms with Gasteiger partial charge in [0, 0.05) is 6.61 Å². The largest absolute Gasteiger partial charge is 0.481 e. The molecule has 1 aromatic rings. The van der Waals surface area contributed by atoms with Gasteiger partial charge in [0.15, 0.2) is 0 Å². The molecule has 1 aromatic carbocycles. The highest BCUT2D eigenvalue weighted by molar-refractivity contribution is 5.75. The molecule has 0 aliphatic heterocycles. The third-order valence-electron chi connectivity index (χ3n) is 2.70. The molecule has 1 N–H and O–H groups in total. The average molecular weight is 252 g/mol. The lowest BCUT2D eigenvalue weighted by Crippen LogP contribution is -2.07. The Bertz CT molecular complexity index is 359. The molecule has 4 heteroatoms. The van der Waals surface area contributed by atoms with Gasteiger partial charge in [-0.3, -0.25) is 4.79 Å².